The van der Waals surface area contributed by atoms with Crippen LogP contribution in [0.2, 0.25) is 31.2 Å². The van der Waals surface area contributed by atoms with Crippen LogP contribution in [0.1, 0.15) is 85.0 Å². The second-order valence-corrected chi connectivity index (χ2v) is 23.2. The van der Waals surface area contributed by atoms with Crippen LogP contribution in [0.15, 0.2) is 54.1 Å². The van der Waals surface area contributed by atoms with E-state index in [4.69, 9.17) is 32.5 Å². The molecular formula is C40H59O9Si2. The number of benzene rings is 1. The predicted molar refractivity (Wildman–Crippen MR) is 199 cm³/mol. The Labute approximate surface area is 307 Å². The molecule has 9 nitrogen and oxygen atoms in total. The molecule has 0 N–H and O–H groups in total. The number of esters is 2. The summed E-state index contributed by atoms with van der Waals surface area (Å²) < 4.78 is 48.6. The van der Waals surface area contributed by atoms with Gasteiger partial charge in [-0.25, -0.2) is 4.79 Å². The molecule has 2 bridgehead atoms. The Morgan fingerprint density at radius 2 is 1.73 bits per heavy atom. The predicted octanol–water partition coefficient (Wildman–Crippen LogP) is 7.78. The molecule has 1 aromatic rings. The van der Waals surface area contributed by atoms with Gasteiger partial charge >= 0.3 is 11.9 Å². The van der Waals surface area contributed by atoms with Gasteiger partial charge < -0.3 is 32.5 Å². The quantitative estimate of drug-likeness (QED) is 0.128. The van der Waals surface area contributed by atoms with Gasteiger partial charge in [-0.05, 0) is 80.3 Å². The molecule has 51 heavy (non-hydrogen) atoms. The van der Waals surface area contributed by atoms with Gasteiger partial charge in [0.15, 0.2) is 20.2 Å². The standard InChI is InChI=1S/C40H59O9Si2/c1-12-30-44-32-31-25(5)28(48-51(13-2,14-3)15-4)23-40(37(31,7)8,49-50(10)11)35(46-36(42)27-19-17-16-18-20-27)33-38(9,34(32)45-30)22-21-29-39(33,24-43-29)47-26(6)41/h12,16-20,28-30,32-35H,1,13-15,21-24H2,2-11H3/t28-,29+,30?,32+,33-,34+,35-,38+,39-,40+/m0/s1. The highest BCUT2D eigenvalue weighted by atomic mass is 28.4. The van der Waals surface area contributed by atoms with Crippen molar-refractivity contribution in [1.82, 2.24) is 0 Å². The average Bonchev–Trinajstić information content (AvgIpc) is 3.51. The summed E-state index contributed by atoms with van der Waals surface area (Å²) in [6.07, 6.45) is 0.372. The fourth-order valence-corrected chi connectivity index (χ4v) is 14.7. The molecule has 2 saturated heterocycles. The first-order valence-electron chi connectivity index (χ1n) is 19.0. The fourth-order valence-electron chi connectivity index (χ4n) is 10.6. The van der Waals surface area contributed by atoms with Crippen LogP contribution in [0.3, 0.4) is 0 Å². The number of rotatable bonds is 11. The molecule has 2 saturated carbocycles. The summed E-state index contributed by atoms with van der Waals surface area (Å²) in [5.74, 6) is -1.42. The van der Waals surface area contributed by atoms with Crippen LogP contribution in [0.25, 0.3) is 0 Å². The number of carbonyl (C=O) groups is 2. The Morgan fingerprint density at radius 3 is 2.27 bits per heavy atom. The zero-order valence-corrected chi connectivity index (χ0v) is 34.3. The van der Waals surface area contributed by atoms with E-state index in [-0.39, 0.29) is 18.8 Å². The Hall–Kier alpha value is -2.13. The van der Waals surface area contributed by atoms with E-state index >= 15 is 0 Å². The maximum Gasteiger partial charge on any atom is 0.338 e. The third kappa shape index (κ3) is 5.97. The third-order valence-corrected chi connectivity index (χ3v) is 18.8. The van der Waals surface area contributed by atoms with Crippen LogP contribution in [0.4, 0.5) is 0 Å². The van der Waals surface area contributed by atoms with Crippen molar-refractivity contribution < 1.29 is 42.1 Å². The summed E-state index contributed by atoms with van der Waals surface area (Å²) in [5.41, 5.74) is -0.956. The summed E-state index contributed by atoms with van der Waals surface area (Å²) in [6, 6.07) is 12.1. The molecule has 281 valence electrons. The Kier molecular flexibility index (Phi) is 10.5. The van der Waals surface area contributed by atoms with Gasteiger partial charge in [0.25, 0.3) is 0 Å². The molecule has 11 heteroatoms. The van der Waals surface area contributed by atoms with Crippen molar-refractivity contribution in [3.8, 4) is 0 Å². The lowest BCUT2D eigenvalue weighted by atomic mass is 9.45. The smallest absolute Gasteiger partial charge is 0.338 e. The minimum absolute atomic E-state index is 0.186. The van der Waals surface area contributed by atoms with Crippen LogP contribution in [-0.4, -0.2) is 83.9 Å². The number of ether oxygens (including phenoxy) is 5. The largest absolute Gasteiger partial charge is 0.455 e. The van der Waals surface area contributed by atoms with Crippen molar-refractivity contribution in [2.75, 3.05) is 6.61 Å². The van der Waals surface area contributed by atoms with Crippen molar-refractivity contribution in [1.29, 1.82) is 0 Å². The molecule has 1 radical (unpaired) electrons. The van der Waals surface area contributed by atoms with E-state index in [0.717, 1.165) is 29.3 Å². The number of carbonyl (C=O) groups excluding carboxylic acids is 2. The van der Waals surface area contributed by atoms with Crippen LogP contribution >= 0.6 is 0 Å². The highest BCUT2D eigenvalue weighted by Crippen LogP contribution is 2.67. The van der Waals surface area contributed by atoms with E-state index in [1.807, 2.05) is 18.2 Å². The minimum Gasteiger partial charge on any atom is -0.455 e. The van der Waals surface area contributed by atoms with Gasteiger partial charge in [0.1, 0.15) is 23.9 Å². The fraction of sp³-hybridized carbons (Fsp3) is 0.700. The molecule has 0 spiro atoms. The molecule has 10 atom stereocenters. The lowest BCUT2D eigenvalue weighted by Gasteiger charge is -2.69. The molecule has 3 aliphatic carbocycles. The van der Waals surface area contributed by atoms with Gasteiger partial charge in [0.2, 0.25) is 9.04 Å². The topological polar surface area (TPSA) is 98.8 Å². The molecule has 2 aliphatic heterocycles. The summed E-state index contributed by atoms with van der Waals surface area (Å²) >= 11 is 0. The maximum atomic E-state index is 14.5. The lowest BCUT2D eigenvalue weighted by molar-refractivity contribution is -0.343. The molecule has 0 aromatic heterocycles. The van der Waals surface area contributed by atoms with Gasteiger partial charge in [0.05, 0.1) is 30.3 Å². The van der Waals surface area contributed by atoms with Crippen LogP contribution in [0.5, 0.6) is 0 Å². The zero-order chi connectivity index (χ0) is 37.1. The van der Waals surface area contributed by atoms with E-state index in [2.05, 4.69) is 68.1 Å². The summed E-state index contributed by atoms with van der Waals surface area (Å²) in [4.78, 5) is 27.7. The van der Waals surface area contributed by atoms with Crippen molar-refractivity contribution in [3.05, 3.63) is 59.7 Å². The summed E-state index contributed by atoms with van der Waals surface area (Å²) in [5, 5.41) is 0. The van der Waals surface area contributed by atoms with E-state index in [1.54, 1.807) is 18.2 Å². The van der Waals surface area contributed by atoms with Crippen LogP contribution in [0, 0.1) is 16.7 Å². The summed E-state index contributed by atoms with van der Waals surface area (Å²) in [7, 11) is -3.63. The van der Waals surface area contributed by atoms with Crippen molar-refractivity contribution >= 4 is 29.3 Å². The third-order valence-electron chi connectivity index (χ3n) is 13.4. The van der Waals surface area contributed by atoms with Crippen LogP contribution in [-0.2, 0) is 37.3 Å². The first-order valence-corrected chi connectivity index (χ1v) is 23.9. The highest BCUT2D eigenvalue weighted by molar-refractivity contribution is 6.73. The van der Waals surface area contributed by atoms with Crippen molar-refractivity contribution in [2.24, 2.45) is 16.7 Å². The molecule has 6 rings (SSSR count). The zero-order valence-electron chi connectivity index (χ0n) is 32.3. The molecule has 4 fully saturated rings. The highest BCUT2D eigenvalue weighted by Gasteiger charge is 2.77. The van der Waals surface area contributed by atoms with Crippen molar-refractivity contribution in [2.45, 2.75) is 154 Å². The Balaban J connectivity index is 1.69. The van der Waals surface area contributed by atoms with Crippen molar-refractivity contribution in [3.63, 3.8) is 0 Å². The monoisotopic (exact) mass is 739 g/mol. The van der Waals surface area contributed by atoms with Crippen LogP contribution < -0.4 is 0 Å². The molecule has 0 amide bonds. The van der Waals surface area contributed by atoms with Gasteiger partial charge in [-0.1, -0.05) is 66.3 Å². The van der Waals surface area contributed by atoms with Gasteiger partial charge in [-0.15, -0.1) is 0 Å². The average molecular weight is 740 g/mol. The normalized spacial score (nSPS) is 38.4. The summed E-state index contributed by atoms with van der Waals surface area (Å²) in [6.45, 7) is 25.5. The van der Waals surface area contributed by atoms with E-state index in [9.17, 15) is 9.59 Å². The number of hydrogen-bond acceptors (Lipinski definition) is 9. The molecule has 1 unspecified atom stereocenters. The Bertz CT molecular complexity index is 1520. The lowest BCUT2D eigenvalue weighted by Crippen LogP contribution is -2.80. The second-order valence-electron chi connectivity index (χ2n) is 16.5. The maximum absolute atomic E-state index is 14.5. The molecule has 2 heterocycles. The van der Waals surface area contributed by atoms with Gasteiger partial charge in [-0.2, -0.15) is 0 Å². The SMILES string of the molecule is C=CC1O[C@@H]2C3=C(C)[C@@H](O[Si](CC)(CC)CC)C[C@@](O[Si](C)C)([C@@H](OC(=O)c4ccccc4)[C@H]4[C@@](C)(CC[C@H]5OC[C@]54OC(C)=O)[C@@H]2O1)C3(C)C. The minimum atomic E-state index is -2.17. The van der Waals surface area contributed by atoms with E-state index in [0.29, 0.717) is 24.8 Å². The second kappa shape index (κ2) is 13.9. The number of fused-ring (bicyclic) bond motifs is 8. The molecule has 1 aromatic carbocycles. The first kappa shape index (κ1) is 38.6. The molecule has 5 aliphatic rings. The van der Waals surface area contributed by atoms with Gasteiger partial charge in [-0.3, -0.25) is 4.79 Å². The first-order chi connectivity index (χ1) is 24.1. The number of hydrogen-bond donors (Lipinski definition) is 0. The van der Waals surface area contributed by atoms with E-state index < -0.39 is 81.8 Å². The Morgan fingerprint density at radius 1 is 1.06 bits per heavy atom. The van der Waals surface area contributed by atoms with Gasteiger partial charge in [0, 0.05) is 24.2 Å². The molecular weight excluding hydrogens is 681 g/mol. The van der Waals surface area contributed by atoms with E-state index in [1.165, 1.54) is 6.92 Å².